The first kappa shape index (κ1) is 18.9. The number of carbonyl (C=O) groups is 2. The Kier molecular flexibility index (Phi) is 5.97. The Morgan fingerprint density at radius 1 is 1.23 bits per heavy atom. The molecule has 0 aromatic heterocycles. The number of ether oxygens (including phenoxy) is 2. The molecule has 2 unspecified atom stereocenters. The SMILES string of the molecule is CC1(C)OC(C=O)C(CC2CCCCC2)N1C(=O)OCc1ccccc1. The van der Waals surface area contributed by atoms with Crippen molar-refractivity contribution in [2.24, 2.45) is 5.92 Å². The molecule has 1 aliphatic heterocycles. The van der Waals surface area contributed by atoms with E-state index in [1.807, 2.05) is 44.2 Å². The second-order valence-electron chi connectivity index (χ2n) is 7.88. The lowest BCUT2D eigenvalue weighted by Gasteiger charge is -2.34. The van der Waals surface area contributed by atoms with Crippen LogP contribution in [-0.4, -0.2) is 35.2 Å². The van der Waals surface area contributed by atoms with E-state index < -0.39 is 17.9 Å². The molecule has 1 heterocycles. The van der Waals surface area contributed by atoms with Gasteiger partial charge in [0, 0.05) is 0 Å². The van der Waals surface area contributed by atoms with Crippen molar-refractivity contribution < 1.29 is 19.1 Å². The standard InChI is InChI=1S/C21H29NO4/c1-21(2)22(20(24)25-15-17-11-7-4-8-12-17)18(19(14-23)26-21)13-16-9-5-3-6-10-16/h4,7-8,11-12,14,16,18-19H,3,5-6,9-10,13,15H2,1-2H3. The predicted octanol–water partition coefficient (Wildman–Crippen LogP) is 4.30. The van der Waals surface area contributed by atoms with Crippen molar-refractivity contribution in [3.8, 4) is 0 Å². The van der Waals surface area contributed by atoms with Crippen molar-refractivity contribution in [1.29, 1.82) is 0 Å². The lowest BCUT2D eigenvalue weighted by atomic mass is 9.83. The molecule has 2 aliphatic rings. The molecule has 0 radical (unpaired) electrons. The van der Waals surface area contributed by atoms with Crippen molar-refractivity contribution in [3.05, 3.63) is 35.9 Å². The molecular weight excluding hydrogens is 330 g/mol. The summed E-state index contributed by atoms with van der Waals surface area (Å²) in [6.45, 7) is 3.87. The summed E-state index contributed by atoms with van der Waals surface area (Å²) in [7, 11) is 0. The average Bonchev–Trinajstić information content (AvgIpc) is 2.91. The first-order valence-electron chi connectivity index (χ1n) is 9.64. The third-order valence-electron chi connectivity index (χ3n) is 5.55. The molecule has 1 aromatic carbocycles. The fraction of sp³-hybridized carbons (Fsp3) is 0.619. The average molecular weight is 359 g/mol. The molecule has 1 amide bonds. The van der Waals surface area contributed by atoms with Gasteiger partial charge in [0.05, 0.1) is 6.04 Å². The largest absolute Gasteiger partial charge is 0.444 e. The molecule has 1 saturated carbocycles. The number of benzene rings is 1. The second kappa shape index (κ2) is 8.21. The number of amides is 1. The Hall–Kier alpha value is -1.88. The molecule has 0 spiro atoms. The fourth-order valence-corrected chi connectivity index (χ4v) is 4.28. The topological polar surface area (TPSA) is 55.8 Å². The summed E-state index contributed by atoms with van der Waals surface area (Å²) in [6.07, 6.45) is 6.69. The van der Waals surface area contributed by atoms with Crippen LogP contribution in [0, 0.1) is 5.92 Å². The van der Waals surface area contributed by atoms with Crippen LogP contribution in [0.5, 0.6) is 0 Å². The lowest BCUT2D eigenvalue weighted by molar-refractivity contribution is -0.123. The Morgan fingerprint density at radius 3 is 2.58 bits per heavy atom. The summed E-state index contributed by atoms with van der Waals surface area (Å²) in [6, 6.07) is 9.35. The van der Waals surface area contributed by atoms with E-state index in [1.54, 1.807) is 4.90 Å². The molecule has 5 heteroatoms. The number of rotatable bonds is 5. The van der Waals surface area contributed by atoms with Crippen molar-refractivity contribution in [2.75, 3.05) is 0 Å². The van der Waals surface area contributed by atoms with Gasteiger partial charge < -0.3 is 14.3 Å². The van der Waals surface area contributed by atoms with Crippen LogP contribution in [0.1, 0.15) is 57.9 Å². The van der Waals surface area contributed by atoms with Crippen LogP contribution in [-0.2, 0) is 20.9 Å². The lowest BCUT2D eigenvalue weighted by Crippen LogP contribution is -2.49. The normalized spacial score (nSPS) is 25.8. The third kappa shape index (κ3) is 4.26. The first-order valence-corrected chi connectivity index (χ1v) is 9.64. The number of hydrogen-bond donors (Lipinski definition) is 0. The summed E-state index contributed by atoms with van der Waals surface area (Å²) >= 11 is 0. The van der Waals surface area contributed by atoms with Crippen LogP contribution in [0.25, 0.3) is 0 Å². The fourth-order valence-electron chi connectivity index (χ4n) is 4.28. The van der Waals surface area contributed by atoms with Crippen molar-refractivity contribution in [3.63, 3.8) is 0 Å². The number of hydrogen-bond acceptors (Lipinski definition) is 4. The van der Waals surface area contributed by atoms with E-state index in [2.05, 4.69) is 0 Å². The smallest absolute Gasteiger partial charge is 0.412 e. The van der Waals surface area contributed by atoms with Gasteiger partial charge in [0.15, 0.2) is 6.29 Å². The van der Waals surface area contributed by atoms with E-state index in [0.29, 0.717) is 5.92 Å². The van der Waals surface area contributed by atoms with Gasteiger partial charge in [-0.05, 0) is 31.7 Å². The summed E-state index contributed by atoms with van der Waals surface area (Å²) in [5.74, 6) is 0.540. The summed E-state index contributed by atoms with van der Waals surface area (Å²) in [4.78, 5) is 26.1. The highest BCUT2D eigenvalue weighted by Gasteiger charge is 2.51. The zero-order chi connectivity index (χ0) is 18.6. The minimum atomic E-state index is -0.849. The van der Waals surface area contributed by atoms with Gasteiger partial charge in [-0.1, -0.05) is 62.4 Å². The van der Waals surface area contributed by atoms with Crippen molar-refractivity contribution in [2.45, 2.75) is 76.9 Å². The van der Waals surface area contributed by atoms with Crippen molar-refractivity contribution in [1.82, 2.24) is 4.90 Å². The molecule has 0 N–H and O–H groups in total. The molecule has 0 bridgehead atoms. The molecule has 1 saturated heterocycles. The van der Waals surface area contributed by atoms with Gasteiger partial charge in [-0.25, -0.2) is 4.79 Å². The highest BCUT2D eigenvalue weighted by atomic mass is 16.6. The monoisotopic (exact) mass is 359 g/mol. The predicted molar refractivity (Wildman–Crippen MR) is 98.5 cm³/mol. The second-order valence-corrected chi connectivity index (χ2v) is 7.88. The molecule has 2 atom stereocenters. The highest BCUT2D eigenvalue weighted by Crippen LogP contribution is 2.38. The maximum absolute atomic E-state index is 12.9. The Balaban J connectivity index is 1.71. The maximum Gasteiger partial charge on any atom is 0.412 e. The van der Waals surface area contributed by atoms with E-state index >= 15 is 0 Å². The Morgan fingerprint density at radius 2 is 1.92 bits per heavy atom. The van der Waals surface area contributed by atoms with Crippen LogP contribution in [0.4, 0.5) is 4.79 Å². The molecule has 3 rings (SSSR count). The Bertz CT molecular complexity index is 610. The van der Waals surface area contributed by atoms with Gasteiger partial charge in [-0.2, -0.15) is 0 Å². The summed E-state index contributed by atoms with van der Waals surface area (Å²) < 4.78 is 11.4. The number of nitrogens with zero attached hydrogens (tertiary/aromatic N) is 1. The molecule has 26 heavy (non-hydrogen) atoms. The van der Waals surface area contributed by atoms with Crippen LogP contribution >= 0.6 is 0 Å². The minimum absolute atomic E-state index is 0.216. The molecule has 2 fully saturated rings. The number of carbonyl (C=O) groups excluding carboxylic acids is 2. The van der Waals surface area contributed by atoms with Crippen LogP contribution < -0.4 is 0 Å². The third-order valence-corrected chi connectivity index (χ3v) is 5.55. The van der Waals surface area contributed by atoms with E-state index in [0.717, 1.165) is 31.1 Å². The van der Waals surface area contributed by atoms with Gasteiger partial charge in [0.25, 0.3) is 0 Å². The molecule has 5 nitrogen and oxygen atoms in total. The van der Waals surface area contributed by atoms with E-state index in [1.165, 1.54) is 19.3 Å². The van der Waals surface area contributed by atoms with Gasteiger partial charge in [-0.15, -0.1) is 0 Å². The quantitative estimate of drug-likeness (QED) is 0.736. The van der Waals surface area contributed by atoms with Gasteiger partial charge in [-0.3, -0.25) is 4.90 Å². The number of aldehydes is 1. The van der Waals surface area contributed by atoms with Crippen LogP contribution in [0.2, 0.25) is 0 Å². The molecule has 1 aromatic rings. The van der Waals surface area contributed by atoms with E-state index in [-0.39, 0.29) is 12.6 Å². The van der Waals surface area contributed by atoms with Gasteiger partial charge in [0.1, 0.15) is 18.4 Å². The first-order chi connectivity index (χ1) is 12.5. The highest BCUT2D eigenvalue weighted by molar-refractivity contribution is 5.71. The minimum Gasteiger partial charge on any atom is -0.444 e. The molecular formula is C21H29NO4. The zero-order valence-electron chi connectivity index (χ0n) is 15.7. The van der Waals surface area contributed by atoms with Gasteiger partial charge >= 0.3 is 6.09 Å². The summed E-state index contributed by atoms with van der Waals surface area (Å²) in [5, 5.41) is 0. The van der Waals surface area contributed by atoms with E-state index in [9.17, 15) is 9.59 Å². The van der Waals surface area contributed by atoms with Crippen molar-refractivity contribution >= 4 is 12.4 Å². The zero-order valence-corrected chi connectivity index (χ0v) is 15.7. The molecule has 1 aliphatic carbocycles. The Labute approximate surface area is 155 Å². The van der Waals surface area contributed by atoms with Gasteiger partial charge in [0.2, 0.25) is 0 Å². The summed E-state index contributed by atoms with van der Waals surface area (Å²) in [5.41, 5.74) is 0.0909. The van der Waals surface area contributed by atoms with E-state index in [4.69, 9.17) is 9.47 Å². The maximum atomic E-state index is 12.9. The van der Waals surface area contributed by atoms with Crippen LogP contribution in [0.15, 0.2) is 30.3 Å². The molecule has 142 valence electrons. The van der Waals surface area contributed by atoms with Crippen LogP contribution in [0.3, 0.4) is 0 Å².